The number of nitrogens with one attached hydrogen (secondary N) is 2. The van der Waals surface area contributed by atoms with E-state index >= 15 is 0 Å². The number of hydrogen-bond acceptors (Lipinski definition) is 8. The largest absolute Gasteiger partial charge is 0.444 e. The second-order valence-corrected chi connectivity index (χ2v) is 8.54. The van der Waals surface area contributed by atoms with Crippen LogP contribution in [0.2, 0.25) is 0 Å². The lowest BCUT2D eigenvalue weighted by atomic mass is 10.2. The smallest absolute Gasteiger partial charge is 0.407 e. The molecule has 0 aliphatic heterocycles. The van der Waals surface area contributed by atoms with Crippen molar-refractivity contribution in [2.24, 2.45) is 5.73 Å². The molecule has 0 aliphatic rings. The van der Waals surface area contributed by atoms with Crippen LogP contribution < -0.4 is 16.4 Å². The summed E-state index contributed by atoms with van der Waals surface area (Å²) in [5.41, 5.74) is 6.15. The highest BCUT2D eigenvalue weighted by Crippen LogP contribution is 2.25. The molecule has 0 bridgehead atoms. The Morgan fingerprint density at radius 3 is 2.59 bits per heavy atom. The first-order chi connectivity index (χ1) is 12.8. The Morgan fingerprint density at radius 2 is 1.89 bits per heavy atom. The van der Waals surface area contributed by atoms with Crippen molar-refractivity contribution in [2.75, 3.05) is 19.6 Å². The fourth-order valence-electron chi connectivity index (χ4n) is 2.03. The van der Waals surface area contributed by atoms with Gasteiger partial charge in [0.25, 0.3) is 5.91 Å². The van der Waals surface area contributed by atoms with Gasteiger partial charge in [-0.05, 0) is 33.7 Å². The lowest BCUT2D eigenvalue weighted by molar-refractivity contribution is 0.0527. The van der Waals surface area contributed by atoms with Gasteiger partial charge in [-0.15, -0.1) is 22.7 Å². The molecule has 148 valence electrons. The average molecular weight is 412 g/mol. The fourth-order valence-corrected chi connectivity index (χ4v) is 3.66. The van der Waals surface area contributed by atoms with E-state index < -0.39 is 11.7 Å². The molecule has 2 amide bonds. The van der Waals surface area contributed by atoms with Gasteiger partial charge < -0.3 is 21.1 Å². The van der Waals surface area contributed by atoms with E-state index in [9.17, 15) is 9.59 Å². The summed E-state index contributed by atoms with van der Waals surface area (Å²) < 4.78 is 5.14. The van der Waals surface area contributed by atoms with Crippen LogP contribution in [0.15, 0.2) is 10.8 Å². The normalized spacial score (nSPS) is 11.3. The number of nitrogens with zero attached hydrogens (tertiary/aromatic N) is 2. The Bertz CT molecular complexity index is 767. The lowest BCUT2D eigenvalue weighted by Gasteiger charge is -2.19. The maximum absolute atomic E-state index is 12.2. The summed E-state index contributed by atoms with van der Waals surface area (Å²) in [7, 11) is 0. The summed E-state index contributed by atoms with van der Waals surface area (Å²) in [6.07, 6.45) is 0.868. The predicted molar refractivity (Wildman–Crippen MR) is 107 cm³/mol. The van der Waals surface area contributed by atoms with E-state index in [-0.39, 0.29) is 5.91 Å². The molecule has 0 unspecified atom stereocenters. The van der Waals surface area contributed by atoms with E-state index in [0.717, 1.165) is 17.1 Å². The van der Waals surface area contributed by atoms with Gasteiger partial charge in [-0.1, -0.05) is 0 Å². The Morgan fingerprint density at radius 1 is 1.15 bits per heavy atom. The van der Waals surface area contributed by atoms with Crippen molar-refractivity contribution < 1.29 is 14.3 Å². The van der Waals surface area contributed by atoms with Crippen molar-refractivity contribution in [3.63, 3.8) is 0 Å². The summed E-state index contributed by atoms with van der Waals surface area (Å²) in [6, 6.07) is 0. The van der Waals surface area contributed by atoms with Crippen molar-refractivity contribution in [2.45, 2.75) is 39.2 Å². The molecule has 0 atom stereocenters. The highest BCUT2D eigenvalue weighted by Gasteiger charge is 2.16. The standard InChI is InChI=1S/C17H25N5O3S2/c1-17(2,3)25-16(24)20-8-4-7-19-14(23)11-9-27-15(22-11)12-10-26-13(21-12)5-6-18/h9-10H,4-8,18H2,1-3H3,(H,19,23)(H,20,24). The zero-order valence-electron chi connectivity index (χ0n) is 15.7. The molecule has 2 rings (SSSR count). The Kier molecular flexibility index (Phi) is 7.69. The van der Waals surface area contributed by atoms with Crippen LogP contribution in [0.4, 0.5) is 4.79 Å². The first-order valence-corrected chi connectivity index (χ1v) is 10.4. The number of hydrogen-bond donors (Lipinski definition) is 3. The third kappa shape index (κ3) is 7.24. The zero-order chi connectivity index (χ0) is 19.9. The maximum atomic E-state index is 12.2. The molecule has 0 radical (unpaired) electrons. The number of carbonyl (C=O) groups is 2. The quantitative estimate of drug-likeness (QED) is 0.574. The van der Waals surface area contributed by atoms with Crippen LogP contribution in [0.25, 0.3) is 10.7 Å². The number of alkyl carbamates (subject to hydrolysis) is 1. The molecule has 27 heavy (non-hydrogen) atoms. The minimum absolute atomic E-state index is 0.243. The number of ether oxygens (including phenoxy) is 1. The van der Waals surface area contributed by atoms with Gasteiger partial charge in [0.05, 0.1) is 5.01 Å². The van der Waals surface area contributed by atoms with Crippen molar-refractivity contribution in [3.8, 4) is 10.7 Å². The first-order valence-electron chi connectivity index (χ1n) is 8.64. The van der Waals surface area contributed by atoms with Crippen LogP contribution in [0, 0.1) is 0 Å². The molecule has 0 fully saturated rings. The van der Waals surface area contributed by atoms with E-state index in [0.29, 0.717) is 36.8 Å². The van der Waals surface area contributed by atoms with E-state index in [1.165, 1.54) is 11.3 Å². The van der Waals surface area contributed by atoms with Crippen molar-refractivity contribution in [1.82, 2.24) is 20.6 Å². The zero-order valence-corrected chi connectivity index (χ0v) is 17.3. The fraction of sp³-hybridized carbons (Fsp3) is 0.529. The minimum Gasteiger partial charge on any atom is -0.444 e. The topological polar surface area (TPSA) is 119 Å². The predicted octanol–water partition coefficient (Wildman–Crippen LogP) is 2.41. The molecule has 10 heteroatoms. The molecule has 2 heterocycles. The minimum atomic E-state index is -0.525. The second kappa shape index (κ2) is 9.77. The van der Waals surface area contributed by atoms with Gasteiger partial charge in [-0.25, -0.2) is 14.8 Å². The third-order valence-electron chi connectivity index (χ3n) is 3.17. The van der Waals surface area contributed by atoms with Gasteiger partial charge in [0, 0.05) is 30.3 Å². The molecule has 2 aromatic rings. The molecular weight excluding hydrogens is 386 g/mol. The molecule has 0 saturated heterocycles. The SMILES string of the molecule is CC(C)(C)OC(=O)NCCCNC(=O)c1csc(-c2csc(CCN)n2)n1. The average Bonchev–Trinajstić information content (AvgIpc) is 3.22. The number of rotatable bonds is 8. The van der Waals surface area contributed by atoms with E-state index in [1.807, 2.05) is 5.38 Å². The van der Waals surface area contributed by atoms with Gasteiger partial charge >= 0.3 is 6.09 Å². The number of aromatic nitrogens is 2. The number of carbonyl (C=O) groups excluding carboxylic acids is 2. The maximum Gasteiger partial charge on any atom is 0.407 e. The summed E-state index contributed by atoms with van der Waals surface area (Å²) in [4.78, 5) is 32.5. The van der Waals surface area contributed by atoms with Gasteiger partial charge in [0.1, 0.15) is 22.0 Å². The van der Waals surface area contributed by atoms with E-state index in [2.05, 4.69) is 20.6 Å². The Balaban J connectivity index is 1.73. The monoisotopic (exact) mass is 411 g/mol. The molecule has 2 aromatic heterocycles. The van der Waals surface area contributed by atoms with Crippen LogP contribution in [-0.4, -0.2) is 47.2 Å². The van der Waals surface area contributed by atoms with E-state index in [4.69, 9.17) is 10.5 Å². The Hall–Kier alpha value is -2.04. The van der Waals surface area contributed by atoms with Crippen LogP contribution in [0.5, 0.6) is 0 Å². The van der Waals surface area contributed by atoms with Crippen LogP contribution in [-0.2, 0) is 11.2 Å². The van der Waals surface area contributed by atoms with Gasteiger partial charge in [0.15, 0.2) is 0 Å². The van der Waals surface area contributed by atoms with E-state index in [1.54, 1.807) is 37.5 Å². The van der Waals surface area contributed by atoms with Gasteiger partial charge in [-0.2, -0.15) is 0 Å². The van der Waals surface area contributed by atoms with Crippen molar-refractivity contribution in [1.29, 1.82) is 0 Å². The van der Waals surface area contributed by atoms with Gasteiger partial charge in [-0.3, -0.25) is 4.79 Å². The van der Waals surface area contributed by atoms with Crippen LogP contribution >= 0.6 is 22.7 Å². The van der Waals surface area contributed by atoms with Crippen LogP contribution in [0.1, 0.15) is 42.7 Å². The molecule has 8 nitrogen and oxygen atoms in total. The Labute approximate surface area is 166 Å². The number of nitrogens with two attached hydrogens (primary N) is 1. The summed E-state index contributed by atoms with van der Waals surface area (Å²) in [5, 5.41) is 10.8. The summed E-state index contributed by atoms with van der Waals surface area (Å²) in [6.45, 7) is 6.82. The number of thiazole rings is 2. The molecule has 4 N–H and O–H groups in total. The van der Waals surface area contributed by atoms with Crippen molar-refractivity contribution in [3.05, 3.63) is 21.5 Å². The summed E-state index contributed by atoms with van der Waals surface area (Å²) >= 11 is 2.92. The molecular formula is C17H25N5O3S2. The first kappa shape index (κ1) is 21.3. The molecule has 0 aliphatic carbocycles. The molecule has 0 aromatic carbocycles. The van der Waals surface area contributed by atoms with Crippen molar-refractivity contribution >= 4 is 34.7 Å². The lowest BCUT2D eigenvalue weighted by Crippen LogP contribution is -2.34. The molecule has 0 saturated carbocycles. The molecule has 0 spiro atoms. The number of amides is 2. The highest BCUT2D eigenvalue weighted by molar-refractivity contribution is 7.14. The third-order valence-corrected chi connectivity index (χ3v) is 4.95. The van der Waals surface area contributed by atoms with Crippen LogP contribution in [0.3, 0.4) is 0 Å². The second-order valence-electron chi connectivity index (χ2n) is 6.74. The van der Waals surface area contributed by atoms with Gasteiger partial charge in [0.2, 0.25) is 0 Å². The summed E-state index contributed by atoms with van der Waals surface area (Å²) in [5.74, 6) is -0.243. The highest BCUT2D eigenvalue weighted by atomic mass is 32.1.